The first kappa shape index (κ1) is 99.0. The van der Waals surface area contributed by atoms with Crippen LogP contribution >= 0.6 is 67.1 Å². The Hall–Kier alpha value is -7.36. The van der Waals surface area contributed by atoms with E-state index in [1.54, 1.807) is 41.5 Å². The maximum absolute atomic E-state index is 12.5. The van der Waals surface area contributed by atoms with Crippen molar-refractivity contribution in [2.24, 2.45) is 50.0 Å². The maximum atomic E-state index is 12.5. The van der Waals surface area contributed by atoms with Gasteiger partial charge in [-0.2, -0.15) is 0 Å². The van der Waals surface area contributed by atoms with E-state index in [2.05, 4.69) is 44.6 Å². The van der Waals surface area contributed by atoms with Crippen LogP contribution in [0.2, 0.25) is 0 Å². The molecule has 0 rings (SSSR count). The van der Waals surface area contributed by atoms with Crippen molar-refractivity contribution in [1.82, 2.24) is 21.3 Å². The minimum Gasteiger partial charge on any atom is -0.481 e. The van der Waals surface area contributed by atoms with E-state index in [1.165, 1.54) is 42.4 Å². The third-order valence-corrected chi connectivity index (χ3v) is 21.0. The summed E-state index contributed by atoms with van der Waals surface area (Å²) in [6.07, 6.45) is -3.95. The highest BCUT2D eigenvalue weighted by atomic mass is 33.1. The summed E-state index contributed by atoms with van der Waals surface area (Å²) in [5.41, 5.74) is 16.3. The monoisotopic (exact) mass is 1540 g/mol. The minimum absolute atomic E-state index is 0.0105. The van der Waals surface area contributed by atoms with Crippen molar-refractivity contribution in [3.8, 4) is 0 Å². The first-order valence-electron chi connectivity index (χ1n) is 29.4. The van der Waals surface area contributed by atoms with Crippen molar-refractivity contribution in [2.45, 2.75) is 178 Å². The molecular weight excluding hydrogens is 1460 g/mol. The molecule has 0 aromatic rings. The van der Waals surface area contributed by atoms with Gasteiger partial charge in [0.1, 0.15) is 42.3 Å². The molecule has 0 aromatic heterocycles. The summed E-state index contributed by atoms with van der Waals surface area (Å²) in [6, 6.07) is -2.30. The summed E-state index contributed by atoms with van der Waals surface area (Å²) in [4.78, 5) is 222. The number of Topliss-reactive ketones (excluding diaryl/α,β-unsaturated/α-hetero) is 5. The zero-order valence-electron chi connectivity index (χ0n) is 56.1. The lowest BCUT2D eigenvalue weighted by atomic mass is 9.90. The molecule has 0 aliphatic rings. The second kappa shape index (κ2) is 55.3. The molecule has 44 heteroatoms. The van der Waals surface area contributed by atoms with Crippen LogP contribution < -0.4 is 38.5 Å². The molecule has 0 spiro atoms. The number of nitrogens with zero attached hydrogens (tertiary/aromatic N) is 2. The summed E-state index contributed by atoms with van der Waals surface area (Å²) in [6.45, 7) is 13.5. The second-order valence-corrected chi connectivity index (χ2v) is 30.6. The molecular formula is C56H89N9O29S6. The molecule has 100 heavy (non-hydrogen) atoms. The van der Waals surface area contributed by atoms with E-state index in [1.807, 2.05) is 0 Å². The molecule has 0 aliphatic carbocycles. The smallest absolute Gasteiger partial charge is 0.322 e. The van der Waals surface area contributed by atoms with Crippen molar-refractivity contribution in [3.05, 3.63) is 9.81 Å². The van der Waals surface area contributed by atoms with Crippen LogP contribution in [0, 0.1) is 33.5 Å². The predicted molar refractivity (Wildman–Crippen MR) is 366 cm³/mol. The molecule has 9 atom stereocenters. The lowest BCUT2D eigenvalue weighted by Crippen LogP contribution is -2.48. The average molecular weight is 1540 g/mol. The Labute approximate surface area is 599 Å². The van der Waals surface area contributed by atoms with Gasteiger partial charge in [-0.3, -0.25) is 88.2 Å². The maximum Gasteiger partial charge on any atom is 0.322 e. The van der Waals surface area contributed by atoms with Crippen molar-refractivity contribution < 1.29 is 131 Å². The number of aliphatic carboxylic acids is 5. The van der Waals surface area contributed by atoms with Gasteiger partial charge >= 0.3 is 29.8 Å². The Bertz CT molecular complexity index is 2740. The molecule has 568 valence electrons. The number of ketones is 5. The molecule has 0 aliphatic heterocycles. The summed E-state index contributed by atoms with van der Waals surface area (Å²) in [5, 5.41) is 53.8. The molecule has 15 N–H and O–H groups in total. The number of rotatable bonds is 55. The van der Waals surface area contributed by atoms with Gasteiger partial charge in [-0.05, 0) is 61.8 Å². The second-order valence-electron chi connectivity index (χ2n) is 22.5. The van der Waals surface area contributed by atoms with Crippen LogP contribution in [0.4, 0.5) is 0 Å². The van der Waals surface area contributed by atoms with Crippen molar-refractivity contribution in [2.75, 3.05) is 37.0 Å². The summed E-state index contributed by atoms with van der Waals surface area (Å²) < 4.78 is 21.2. The molecule has 38 nitrogen and oxygen atoms in total. The Kier molecular flexibility index (Phi) is 54.8. The van der Waals surface area contributed by atoms with E-state index >= 15 is 0 Å². The Morgan fingerprint density at radius 2 is 0.950 bits per heavy atom. The lowest BCUT2D eigenvalue weighted by Gasteiger charge is -2.36. The Morgan fingerprint density at radius 3 is 1.34 bits per heavy atom. The van der Waals surface area contributed by atoms with Gasteiger partial charge in [0.15, 0.2) is 24.5 Å². The van der Waals surface area contributed by atoms with Crippen LogP contribution in [0.3, 0.4) is 0 Å². The number of nitroso groups, excluding NO2 is 2. The molecule has 0 radical (unpaired) electrons. The van der Waals surface area contributed by atoms with Gasteiger partial charge in [0, 0.05) is 131 Å². The fraction of sp³-hybridized carbons (Fsp3) is 0.679. The minimum atomic E-state index is -1.28. The SMILES string of the molecule is CC(=O)CC(C(=O)O)C(C)(C)SN=O.CC(=O)CC(C(=O)O)C(C)(C)SSC(C)(C)C(NC(C)=O)OC=O.N[C@@H](CCC(=O)C[C@@H](CSN=O)C(=O)NCC(=O)O)OC=O.N[C@@H](CCC(=O)C[C@@H](CSSC[C@H](NC(=O)CC[C@H](N)C(=O)O)C(=O)CCOC=O)C(=O)NCC(=O)O)OC=O. The van der Waals surface area contributed by atoms with Crippen LogP contribution in [0.1, 0.15) is 133 Å². The van der Waals surface area contributed by atoms with Gasteiger partial charge in [-0.25, -0.2) is 0 Å². The molecule has 4 amide bonds. The fourth-order valence-electron chi connectivity index (χ4n) is 7.27. The highest BCUT2D eigenvalue weighted by Crippen LogP contribution is 2.49. The number of carbonyl (C=O) groups excluding carboxylic acids is 13. The Balaban J connectivity index is -0.000000659. The van der Waals surface area contributed by atoms with Crippen LogP contribution in [0.25, 0.3) is 0 Å². The average Bonchev–Trinajstić information content (AvgIpc) is 0.835. The quantitative estimate of drug-likeness (QED) is 0.00784. The fourth-order valence-corrected chi connectivity index (χ4v) is 13.6. The molecule has 3 unspecified atom stereocenters. The van der Waals surface area contributed by atoms with Crippen LogP contribution in [0.5, 0.6) is 0 Å². The van der Waals surface area contributed by atoms with Gasteiger partial charge in [0.05, 0.1) is 41.1 Å². The zero-order chi connectivity index (χ0) is 77.9. The third kappa shape index (κ3) is 50.9. The number of carboxylic acid groups (broad SMARTS) is 5. The molecule has 0 fully saturated rings. The first-order valence-corrected chi connectivity index (χ1v) is 35.8. The normalized spacial score (nSPS) is 13.6. The predicted octanol–water partition coefficient (Wildman–Crippen LogP) is 1.71. The van der Waals surface area contributed by atoms with Crippen molar-refractivity contribution in [1.29, 1.82) is 0 Å². The number of amides is 4. The number of nitrogens with one attached hydrogen (secondary N) is 4. The number of hydrogen-bond acceptors (Lipinski definition) is 35. The van der Waals surface area contributed by atoms with Gasteiger partial charge in [-0.1, -0.05) is 43.2 Å². The number of carbonyl (C=O) groups is 18. The molecule has 0 heterocycles. The topological polar surface area (TPSA) is 630 Å². The largest absolute Gasteiger partial charge is 0.481 e. The highest BCUT2D eigenvalue weighted by Gasteiger charge is 2.42. The lowest BCUT2D eigenvalue weighted by molar-refractivity contribution is -0.145. The van der Waals surface area contributed by atoms with E-state index < -0.39 is 135 Å². The molecule has 0 bridgehead atoms. The van der Waals surface area contributed by atoms with Crippen LogP contribution in [-0.4, -0.2) is 216 Å². The van der Waals surface area contributed by atoms with E-state index in [0.29, 0.717) is 23.9 Å². The van der Waals surface area contributed by atoms with Crippen LogP contribution in [0.15, 0.2) is 9.16 Å². The van der Waals surface area contributed by atoms with Crippen molar-refractivity contribution >= 4 is 175 Å². The summed E-state index contributed by atoms with van der Waals surface area (Å²) in [7, 11) is 4.75. The number of hydrogen-bond donors (Lipinski definition) is 12. The number of nitrogens with two attached hydrogens (primary N) is 3. The van der Waals surface area contributed by atoms with Crippen LogP contribution in [-0.2, 0) is 105 Å². The van der Waals surface area contributed by atoms with E-state index in [0.717, 1.165) is 21.6 Å². The summed E-state index contributed by atoms with van der Waals surface area (Å²) in [5.74, 6) is -13.3. The molecule has 0 saturated carbocycles. The summed E-state index contributed by atoms with van der Waals surface area (Å²) >= 11 is 1.21. The number of carboxylic acids is 5. The first-order chi connectivity index (χ1) is 46.4. The Morgan fingerprint density at radius 1 is 0.510 bits per heavy atom. The van der Waals surface area contributed by atoms with E-state index in [9.17, 15) is 101 Å². The number of ether oxygens (including phenoxy) is 4. The van der Waals surface area contributed by atoms with Gasteiger partial charge < -0.3 is 81.1 Å². The molecule has 0 aromatic carbocycles. The van der Waals surface area contributed by atoms with Gasteiger partial charge in [0.2, 0.25) is 23.6 Å². The molecule has 0 saturated heterocycles. The van der Waals surface area contributed by atoms with E-state index in [4.69, 9.17) is 42.4 Å². The zero-order valence-corrected chi connectivity index (χ0v) is 61.0. The van der Waals surface area contributed by atoms with E-state index in [-0.39, 0.29) is 149 Å². The third-order valence-electron chi connectivity index (χ3n) is 12.7. The van der Waals surface area contributed by atoms with Crippen molar-refractivity contribution in [3.63, 3.8) is 0 Å². The van der Waals surface area contributed by atoms with Gasteiger partial charge in [0.25, 0.3) is 25.9 Å². The standard InChI is InChI=1S/C22H34N4O12S2.C15H25NO6S2.C11H17N3O7S.C8H13NO4S/c23-15(22(35)36)2-4-19(31)26-16(17(30)5-6-37-11-27)10-40-39-9-13(21(34)25-8-20(32)33)7-14(29)1-3-18(24)38-12-28;1-9(18)7-11(12(20)21)14(3,4)23-24-15(5,6)13(22-8-17)16-10(2)19;12-9(21-6-15)2-1-8(16)3-7(5-22-14-20)11(19)13-4-10(17)18;1-5(10)4-6(7(11)12)8(2,3)14-9-13/h11-13,15-16,18H,1-10,23-24H2,(H,25,34)(H,26,31)(H,32,33)(H,35,36);8,11,13H,7H2,1-6H3,(H,16,19)(H,20,21);6-7,9H,1-5,12H2,(H,13,19)(H,17,18);6H,4H2,1-3H3,(H,11,12)/t13-,15-,16-,18+;;7-,9+;/m0.0./s1. The van der Waals surface area contributed by atoms with Gasteiger partial charge in [-0.15, -0.1) is 9.81 Å². The highest BCUT2D eigenvalue weighted by molar-refractivity contribution is 8.77.